The van der Waals surface area contributed by atoms with Gasteiger partial charge in [-0.05, 0) is 56.8 Å². The van der Waals surface area contributed by atoms with Gasteiger partial charge < -0.3 is 14.8 Å². The normalized spacial score (nSPS) is 18.7. The lowest BCUT2D eigenvalue weighted by Gasteiger charge is -2.26. The minimum Gasteiger partial charge on any atom is -0.493 e. The second-order valence-electron chi connectivity index (χ2n) is 7.50. The average molecular weight is 395 g/mol. The molecule has 2 fully saturated rings. The van der Waals surface area contributed by atoms with Gasteiger partial charge in [0.15, 0.2) is 0 Å². The third-order valence-electron chi connectivity index (χ3n) is 5.48. The van der Waals surface area contributed by atoms with Gasteiger partial charge in [-0.3, -0.25) is 4.68 Å². The maximum absolute atomic E-state index is 12.6. The molecule has 1 N–H and O–H groups in total. The molecule has 5 nitrogen and oxygen atoms in total. The van der Waals surface area contributed by atoms with Gasteiger partial charge >= 0.3 is 6.36 Å². The van der Waals surface area contributed by atoms with E-state index in [4.69, 9.17) is 4.74 Å². The van der Waals surface area contributed by atoms with Gasteiger partial charge in [0.1, 0.15) is 11.5 Å². The number of aromatic nitrogens is 2. The molecule has 0 unspecified atom stereocenters. The molecule has 1 aliphatic carbocycles. The molecule has 0 amide bonds. The van der Waals surface area contributed by atoms with Crippen molar-refractivity contribution in [3.05, 3.63) is 30.6 Å². The van der Waals surface area contributed by atoms with E-state index in [2.05, 4.69) is 15.2 Å². The third-order valence-corrected chi connectivity index (χ3v) is 5.48. The fraction of sp³-hybridized carbons (Fsp3) is 0.550. The topological polar surface area (TPSA) is 48.3 Å². The van der Waals surface area contributed by atoms with Crippen LogP contribution in [0, 0.1) is 5.92 Å². The molecule has 2 heterocycles. The van der Waals surface area contributed by atoms with Crippen LogP contribution in [0.3, 0.4) is 0 Å². The van der Waals surface area contributed by atoms with Crippen LogP contribution in [0.25, 0.3) is 11.1 Å². The summed E-state index contributed by atoms with van der Waals surface area (Å²) in [5, 5.41) is 7.81. The Labute approximate surface area is 161 Å². The van der Waals surface area contributed by atoms with Crippen molar-refractivity contribution in [2.75, 3.05) is 19.7 Å². The van der Waals surface area contributed by atoms with Crippen LogP contribution in [-0.4, -0.2) is 35.8 Å². The zero-order valence-electron chi connectivity index (χ0n) is 15.5. The molecule has 0 atom stereocenters. The zero-order chi connectivity index (χ0) is 19.6. The molecule has 4 rings (SSSR count). The number of nitrogens with one attached hydrogen (secondary N) is 1. The monoisotopic (exact) mass is 395 g/mol. The molecule has 1 aromatic heterocycles. The summed E-state index contributed by atoms with van der Waals surface area (Å²) in [6.45, 7) is 2.42. The Hall–Kier alpha value is -2.22. The molecule has 1 aliphatic heterocycles. The molecular formula is C20H24F3N3O2. The number of benzene rings is 1. The summed E-state index contributed by atoms with van der Waals surface area (Å²) >= 11 is 0. The summed E-state index contributed by atoms with van der Waals surface area (Å²) in [7, 11) is 0. The number of halogens is 3. The number of hydrogen-bond acceptors (Lipinski definition) is 4. The van der Waals surface area contributed by atoms with Gasteiger partial charge in [0.05, 0.1) is 18.8 Å². The summed E-state index contributed by atoms with van der Waals surface area (Å²) in [6.07, 6.45) is 4.36. The summed E-state index contributed by atoms with van der Waals surface area (Å²) in [5.74, 6) is 0.599. The van der Waals surface area contributed by atoms with Crippen LogP contribution in [0.5, 0.6) is 11.5 Å². The smallest absolute Gasteiger partial charge is 0.493 e. The minimum atomic E-state index is -4.73. The van der Waals surface area contributed by atoms with E-state index >= 15 is 0 Å². The second kappa shape index (κ2) is 8.03. The lowest BCUT2D eigenvalue weighted by molar-refractivity contribution is -0.274. The standard InChI is InChI=1S/C20H24F3N3O2/c21-20(22,23)28-17-4-5-18(19(10-17)27-13-14-2-1-3-14)15-11-25-26(12-15)16-6-8-24-9-7-16/h4-5,10-12,14,16,24H,1-3,6-9,13H2. The molecule has 2 aromatic rings. The Morgan fingerprint density at radius 2 is 1.93 bits per heavy atom. The van der Waals surface area contributed by atoms with E-state index in [1.165, 1.54) is 18.6 Å². The van der Waals surface area contributed by atoms with Crippen LogP contribution in [0.15, 0.2) is 30.6 Å². The fourth-order valence-corrected chi connectivity index (χ4v) is 3.67. The van der Waals surface area contributed by atoms with E-state index in [-0.39, 0.29) is 5.75 Å². The van der Waals surface area contributed by atoms with Crippen LogP contribution >= 0.6 is 0 Å². The van der Waals surface area contributed by atoms with Crippen molar-refractivity contribution in [2.45, 2.75) is 44.5 Å². The number of piperidine rings is 1. The van der Waals surface area contributed by atoms with E-state index in [9.17, 15) is 13.2 Å². The van der Waals surface area contributed by atoms with Gasteiger partial charge in [-0.2, -0.15) is 5.10 Å². The lowest BCUT2D eigenvalue weighted by Crippen LogP contribution is -2.29. The SMILES string of the molecule is FC(F)(F)Oc1ccc(-c2cnn(C3CCNCC3)c2)c(OCC2CCC2)c1. The molecule has 28 heavy (non-hydrogen) atoms. The van der Waals surface area contributed by atoms with Crippen LogP contribution in [-0.2, 0) is 0 Å². The summed E-state index contributed by atoms with van der Waals surface area (Å²) in [6, 6.07) is 4.59. The highest BCUT2D eigenvalue weighted by molar-refractivity contribution is 5.70. The lowest BCUT2D eigenvalue weighted by atomic mass is 9.86. The predicted octanol–water partition coefficient (Wildman–Crippen LogP) is 4.55. The van der Waals surface area contributed by atoms with E-state index in [0.29, 0.717) is 24.3 Å². The van der Waals surface area contributed by atoms with Crippen LogP contribution < -0.4 is 14.8 Å². The van der Waals surface area contributed by atoms with Crippen molar-refractivity contribution in [1.82, 2.24) is 15.1 Å². The molecular weight excluding hydrogens is 371 g/mol. The quantitative estimate of drug-likeness (QED) is 0.780. The Morgan fingerprint density at radius 3 is 2.61 bits per heavy atom. The van der Waals surface area contributed by atoms with Crippen LogP contribution in [0.1, 0.15) is 38.1 Å². The zero-order valence-corrected chi connectivity index (χ0v) is 15.5. The number of nitrogens with zero attached hydrogens (tertiary/aromatic N) is 2. The maximum atomic E-state index is 12.6. The fourth-order valence-electron chi connectivity index (χ4n) is 3.67. The highest BCUT2D eigenvalue weighted by Gasteiger charge is 2.31. The van der Waals surface area contributed by atoms with E-state index in [1.54, 1.807) is 12.3 Å². The molecule has 1 aromatic carbocycles. The number of hydrogen-bond donors (Lipinski definition) is 1. The first-order valence-electron chi connectivity index (χ1n) is 9.76. The Bertz CT molecular complexity index is 796. The van der Waals surface area contributed by atoms with Crippen LogP contribution in [0.4, 0.5) is 13.2 Å². The highest BCUT2D eigenvalue weighted by atomic mass is 19.4. The van der Waals surface area contributed by atoms with Gasteiger partial charge in [-0.1, -0.05) is 6.42 Å². The molecule has 0 spiro atoms. The largest absolute Gasteiger partial charge is 0.573 e. The summed E-state index contributed by atoms with van der Waals surface area (Å²) < 4.78 is 49.7. The predicted molar refractivity (Wildman–Crippen MR) is 98.3 cm³/mol. The first kappa shape index (κ1) is 19.1. The number of ether oxygens (including phenoxy) is 2. The molecule has 0 radical (unpaired) electrons. The summed E-state index contributed by atoms with van der Waals surface area (Å²) in [4.78, 5) is 0. The Balaban J connectivity index is 1.57. The first-order chi connectivity index (χ1) is 13.5. The number of rotatable bonds is 6. The molecule has 2 aliphatic rings. The molecule has 152 valence electrons. The Morgan fingerprint density at radius 1 is 1.14 bits per heavy atom. The second-order valence-corrected chi connectivity index (χ2v) is 7.50. The van der Waals surface area contributed by atoms with Crippen molar-refractivity contribution in [3.8, 4) is 22.6 Å². The Kier molecular flexibility index (Phi) is 5.48. The molecule has 0 bridgehead atoms. The van der Waals surface area contributed by atoms with Crippen molar-refractivity contribution in [1.29, 1.82) is 0 Å². The summed E-state index contributed by atoms with van der Waals surface area (Å²) in [5.41, 5.74) is 1.56. The van der Waals surface area contributed by atoms with E-state index in [0.717, 1.165) is 49.9 Å². The maximum Gasteiger partial charge on any atom is 0.573 e. The molecule has 8 heteroatoms. The molecule has 1 saturated heterocycles. The molecule has 1 saturated carbocycles. The first-order valence-corrected chi connectivity index (χ1v) is 9.76. The van der Waals surface area contributed by atoms with Gasteiger partial charge in [-0.25, -0.2) is 0 Å². The van der Waals surface area contributed by atoms with Crippen molar-refractivity contribution in [2.24, 2.45) is 5.92 Å². The van der Waals surface area contributed by atoms with Crippen LogP contribution in [0.2, 0.25) is 0 Å². The van der Waals surface area contributed by atoms with Gasteiger partial charge in [0.2, 0.25) is 0 Å². The van der Waals surface area contributed by atoms with E-state index in [1.807, 2.05) is 10.9 Å². The van der Waals surface area contributed by atoms with Crippen molar-refractivity contribution < 1.29 is 22.6 Å². The van der Waals surface area contributed by atoms with Crippen molar-refractivity contribution in [3.63, 3.8) is 0 Å². The van der Waals surface area contributed by atoms with Crippen molar-refractivity contribution >= 4 is 0 Å². The van der Waals surface area contributed by atoms with Gasteiger partial charge in [-0.15, -0.1) is 13.2 Å². The van der Waals surface area contributed by atoms with Gasteiger partial charge in [0.25, 0.3) is 0 Å². The average Bonchev–Trinajstić information content (AvgIpc) is 3.10. The minimum absolute atomic E-state index is 0.273. The number of alkyl halides is 3. The highest BCUT2D eigenvalue weighted by Crippen LogP contribution is 2.37. The third kappa shape index (κ3) is 4.60. The van der Waals surface area contributed by atoms with Gasteiger partial charge in [0, 0.05) is 23.4 Å². The van der Waals surface area contributed by atoms with E-state index < -0.39 is 6.36 Å².